The first-order valence-electron chi connectivity index (χ1n) is 8.43. The third-order valence-corrected chi connectivity index (χ3v) is 5.06. The fraction of sp³-hybridized carbons (Fsp3) is 0.688. The Kier molecular flexibility index (Phi) is 5.61. The minimum atomic E-state index is 0.454. The highest BCUT2D eigenvalue weighted by Gasteiger charge is 2.17. The molecule has 0 aliphatic heterocycles. The summed E-state index contributed by atoms with van der Waals surface area (Å²) in [6, 6.07) is 0. The van der Waals surface area contributed by atoms with Gasteiger partial charge in [0, 0.05) is 42.9 Å². The molecule has 1 fully saturated rings. The van der Waals surface area contributed by atoms with Crippen molar-refractivity contribution in [1.29, 1.82) is 0 Å². The van der Waals surface area contributed by atoms with E-state index in [1.54, 1.807) is 0 Å². The van der Waals surface area contributed by atoms with Crippen LogP contribution < -0.4 is 4.90 Å². The van der Waals surface area contributed by atoms with Gasteiger partial charge in [-0.25, -0.2) is 4.98 Å². The Morgan fingerprint density at radius 3 is 2.87 bits per heavy atom. The first-order valence-corrected chi connectivity index (χ1v) is 9.20. The number of hydrogen-bond donors (Lipinski definition) is 0. The molecular weight excluding hydrogens is 310 g/mol. The smallest absolute Gasteiger partial charge is 0.205 e. The summed E-state index contributed by atoms with van der Waals surface area (Å²) in [7, 11) is 0. The number of aryl methyl sites for hydroxylation is 2. The van der Waals surface area contributed by atoms with E-state index in [-0.39, 0.29) is 0 Å². The number of anilines is 1. The van der Waals surface area contributed by atoms with Gasteiger partial charge in [0.05, 0.1) is 18.9 Å². The summed E-state index contributed by atoms with van der Waals surface area (Å²) in [6.07, 6.45) is 9.51. The molecule has 2 aromatic heterocycles. The second kappa shape index (κ2) is 7.88. The van der Waals surface area contributed by atoms with Gasteiger partial charge in [0.25, 0.3) is 0 Å². The van der Waals surface area contributed by atoms with Gasteiger partial charge >= 0.3 is 0 Å². The van der Waals surface area contributed by atoms with E-state index in [0.29, 0.717) is 6.10 Å². The van der Waals surface area contributed by atoms with Crippen LogP contribution in [-0.4, -0.2) is 38.4 Å². The van der Waals surface area contributed by atoms with Gasteiger partial charge in [-0.1, -0.05) is 12.8 Å². The normalized spacial score (nSPS) is 15.4. The molecule has 126 valence electrons. The van der Waals surface area contributed by atoms with E-state index < -0.39 is 0 Å². The summed E-state index contributed by atoms with van der Waals surface area (Å²) < 4.78 is 12.3. The van der Waals surface area contributed by atoms with Crippen molar-refractivity contribution in [3.05, 3.63) is 23.8 Å². The number of ether oxygens (including phenoxy) is 1. The lowest BCUT2D eigenvalue weighted by Crippen LogP contribution is -2.28. The Morgan fingerprint density at radius 1 is 1.39 bits per heavy atom. The minimum Gasteiger partial charge on any atom is -0.376 e. The average Bonchev–Trinajstić information content (AvgIpc) is 3.27. The highest BCUT2D eigenvalue weighted by molar-refractivity contribution is 7.09. The Morgan fingerprint density at radius 2 is 2.22 bits per heavy atom. The van der Waals surface area contributed by atoms with Crippen molar-refractivity contribution in [2.75, 3.05) is 18.1 Å². The molecule has 2 heterocycles. The molecule has 0 spiro atoms. The first kappa shape index (κ1) is 16.4. The zero-order valence-electron chi connectivity index (χ0n) is 13.9. The lowest BCUT2D eigenvalue weighted by Gasteiger charge is -2.22. The van der Waals surface area contributed by atoms with Crippen LogP contribution >= 0.6 is 11.5 Å². The zero-order valence-corrected chi connectivity index (χ0v) is 14.8. The van der Waals surface area contributed by atoms with Crippen molar-refractivity contribution < 1.29 is 4.74 Å². The van der Waals surface area contributed by atoms with Crippen molar-refractivity contribution in [2.24, 2.45) is 0 Å². The van der Waals surface area contributed by atoms with Gasteiger partial charge in [0.15, 0.2) is 0 Å². The quantitative estimate of drug-likeness (QED) is 0.742. The van der Waals surface area contributed by atoms with Crippen LogP contribution in [0.2, 0.25) is 0 Å². The van der Waals surface area contributed by atoms with Crippen LogP contribution in [0.1, 0.15) is 44.0 Å². The molecule has 0 unspecified atom stereocenters. The highest BCUT2D eigenvalue weighted by atomic mass is 32.1. The van der Waals surface area contributed by atoms with Gasteiger partial charge < -0.3 is 9.64 Å². The van der Waals surface area contributed by atoms with Crippen molar-refractivity contribution >= 4 is 16.7 Å². The van der Waals surface area contributed by atoms with Gasteiger partial charge in [-0.15, -0.1) is 0 Å². The van der Waals surface area contributed by atoms with Crippen LogP contribution in [0.4, 0.5) is 5.13 Å². The molecule has 1 aliphatic carbocycles. The van der Waals surface area contributed by atoms with E-state index in [9.17, 15) is 0 Å². The van der Waals surface area contributed by atoms with E-state index in [2.05, 4.69) is 32.5 Å². The molecule has 0 N–H and O–H groups in total. The maximum atomic E-state index is 6.02. The summed E-state index contributed by atoms with van der Waals surface area (Å²) in [5.41, 5.74) is 1.19. The lowest BCUT2D eigenvalue weighted by molar-refractivity contribution is 0.0631. The van der Waals surface area contributed by atoms with Crippen molar-refractivity contribution in [1.82, 2.24) is 19.1 Å². The van der Waals surface area contributed by atoms with Crippen LogP contribution in [0.25, 0.3) is 0 Å². The number of nitrogens with zero attached hydrogens (tertiary/aromatic N) is 5. The Balaban J connectivity index is 1.61. The summed E-state index contributed by atoms with van der Waals surface area (Å²) in [5, 5.41) is 5.32. The first-order chi connectivity index (χ1) is 11.2. The van der Waals surface area contributed by atoms with Crippen LogP contribution in [0.15, 0.2) is 12.4 Å². The van der Waals surface area contributed by atoms with Gasteiger partial charge in [-0.05, 0) is 26.7 Å². The topological polar surface area (TPSA) is 56.1 Å². The SMILES string of the molecule is CCn1cc(CN(CCOC2CCCC2)c2nc(C)ns2)cn1. The summed E-state index contributed by atoms with van der Waals surface area (Å²) in [5.74, 6) is 0.830. The fourth-order valence-electron chi connectivity index (χ4n) is 2.92. The van der Waals surface area contributed by atoms with Crippen molar-refractivity contribution in [2.45, 2.75) is 58.7 Å². The monoisotopic (exact) mass is 335 g/mol. The largest absolute Gasteiger partial charge is 0.376 e. The third kappa shape index (κ3) is 4.51. The number of aromatic nitrogens is 4. The summed E-state index contributed by atoms with van der Waals surface area (Å²) in [6.45, 7) is 7.29. The Labute approximate surface area is 141 Å². The molecule has 0 atom stereocenters. The summed E-state index contributed by atoms with van der Waals surface area (Å²) >= 11 is 1.45. The molecule has 2 aromatic rings. The van der Waals surface area contributed by atoms with Crippen LogP contribution in [-0.2, 0) is 17.8 Å². The van der Waals surface area contributed by atoms with Crippen molar-refractivity contribution in [3.8, 4) is 0 Å². The summed E-state index contributed by atoms with van der Waals surface area (Å²) in [4.78, 5) is 6.78. The van der Waals surface area contributed by atoms with E-state index in [1.165, 1.54) is 42.8 Å². The second-order valence-corrected chi connectivity index (χ2v) is 6.76. The van der Waals surface area contributed by atoms with E-state index in [0.717, 1.165) is 37.2 Å². The molecule has 6 nitrogen and oxygen atoms in total. The molecule has 1 aliphatic rings. The molecule has 0 aromatic carbocycles. The fourth-order valence-corrected chi connectivity index (χ4v) is 3.62. The van der Waals surface area contributed by atoms with Crippen LogP contribution in [0.3, 0.4) is 0 Å². The van der Waals surface area contributed by atoms with Gasteiger partial charge in [0.2, 0.25) is 5.13 Å². The Bertz CT molecular complexity index is 605. The predicted octanol–water partition coefficient (Wildman–Crippen LogP) is 3.03. The second-order valence-electron chi connectivity index (χ2n) is 6.03. The molecular formula is C16H25N5OS. The minimum absolute atomic E-state index is 0.454. The maximum Gasteiger partial charge on any atom is 0.205 e. The number of rotatable bonds is 8. The molecule has 1 saturated carbocycles. The Hall–Kier alpha value is -1.47. The van der Waals surface area contributed by atoms with Gasteiger partial charge in [0.1, 0.15) is 5.82 Å². The zero-order chi connectivity index (χ0) is 16.1. The van der Waals surface area contributed by atoms with Crippen LogP contribution in [0.5, 0.6) is 0 Å². The average molecular weight is 335 g/mol. The van der Waals surface area contributed by atoms with Crippen molar-refractivity contribution in [3.63, 3.8) is 0 Å². The van der Waals surface area contributed by atoms with E-state index in [4.69, 9.17) is 4.74 Å². The molecule has 0 bridgehead atoms. The number of hydrogen-bond acceptors (Lipinski definition) is 6. The standard InChI is InChI=1S/C16H25N5OS/c1-3-21-12-14(10-17-21)11-20(16-18-13(2)19-23-16)8-9-22-15-6-4-5-7-15/h10,12,15H,3-9,11H2,1-2H3. The van der Waals surface area contributed by atoms with Crippen LogP contribution in [0, 0.1) is 6.92 Å². The van der Waals surface area contributed by atoms with Gasteiger partial charge in [-0.2, -0.15) is 9.47 Å². The molecule has 23 heavy (non-hydrogen) atoms. The molecule has 3 rings (SSSR count). The molecule has 0 amide bonds. The van der Waals surface area contributed by atoms with E-state index in [1.807, 2.05) is 17.8 Å². The molecule has 0 radical (unpaired) electrons. The molecule has 7 heteroatoms. The third-order valence-electron chi connectivity index (χ3n) is 4.19. The predicted molar refractivity (Wildman–Crippen MR) is 91.8 cm³/mol. The lowest BCUT2D eigenvalue weighted by atomic mass is 10.3. The maximum absolute atomic E-state index is 6.02. The van der Waals surface area contributed by atoms with Gasteiger partial charge in [-0.3, -0.25) is 4.68 Å². The molecule has 0 saturated heterocycles. The highest BCUT2D eigenvalue weighted by Crippen LogP contribution is 2.22. The van der Waals surface area contributed by atoms with E-state index >= 15 is 0 Å².